The van der Waals surface area contributed by atoms with E-state index in [4.69, 9.17) is 5.73 Å². The summed E-state index contributed by atoms with van der Waals surface area (Å²) in [7, 11) is 0. The normalized spacial score (nSPS) is 13.5. The Labute approximate surface area is 121 Å². The van der Waals surface area contributed by atoms with Crippen LogP contribution in [0.15, 0.2) is 0 Å². The first kappa shape index (κ1) is 18.2. The van der Waals surface area contributed by atoms with Crippen molar-refractivity contribution in [3.05, 3.63) is 0 Å². The summed E-state index contributed by atoms with van der Waals surface area (Å²) >= 11 is 0. The first-order valence-corrected chi connectivity index (χ1v) is 6.98. The van der Waals surface area contributed by atoms with Gasteiger partial charge in [-0.25, -0.2) is 0 Å². The Balaban J connectivity index is 0.00000324. The Morgan fingerprint density at radius 2 is 1.63 bits per heavy atom. The third-order valence-electron chi connectivity index (χ3n) is 3.05. The largest absolute Gasteiger partial charge is 0.354 e. The lowest BCUT2D eigenvalue weighted by atomic mass is 10.1. The lowest BCUT2D eigenvalue weighted by molar-refractivity contribution is -0.123. The fraction of sp³-hybridized carbons (Fsp3) is 0.846. The second kappa shape index (κ2) is 11.1. The average Bonchev–Trinajstić information content (AvgIpc) is 3.18. The van der Waals surface area contributed by atoms with Crippen LogP contribution in [-0.2, 0) is 9.59 Å². The van der Waals surface area contributed by atoms with Crippen molar-refractivity contribution in [2.45, 2.75) is 44.9 Å². The summed E-state index contributed by atoms with van der Waals surface area (Å²) in [6, 6.07) is 0. The zero-order chi connectivity index (χ0) is 13.2. The molecule has 1 aliphatic carbocycles. The van der Waals surface area contributed by atoms with Crippen LogP contribution in [0.5, 0.6) is 0 Å². The molecule has 19 heavy (non-hydrogen) atoms. The second-order valence-electron chi connectivity index (χ2n) is 4.87. The number of nitrogens with one attached hydrogen (secondary N) is 2. The first-order valence-electron chi connectivity index (χ1n) is 6.98. The van der Waals surface area contributed by atoms with Gasteiger partial charge in [0.15, 0.2) is 0 Å². The van der Waals surface area contributed by atoms with Gasteiger partial charge in [0.25, 0.3) is 0 Å². The molecule has 5 nitrogen and oxygen atoms in total. The van der Waals surface area contributed by atoms with Crippen LogP contribution in [0, 0.1) is 5.92 Å². The molecule has 0 aromatic rings. The summed E-state index contributed by atoms with van der Waals surface area (Å²) < 4.78 is 0. The van der Waals surface area contributed by atoms with Gasteiger partial charge in [-0.2, -0.15) is 0 Å². The zero-order valence-corrected chi connectivity index (χ0v) is 12.3. The van der Waals surface area contributed by atoms with E-state index in [2.05, 4.69) is 10.6 Å². The molecule has 0 aliphatic heterocycles. The van der Waals surface area contributed by atoms with Gasteiger partial charge < -0.3 is 16.4 Å². The minimum absolute atomic E-state index is 0. The van der Waals surface area contributed by atoms with Crippen LogP contribution in [0.4, 0.5) is 0 Å². The van der Waals surface area contributed by atoms with E-state index in [-0.39, 0.29) is 30.1 Å². The summed E-state index contributed by atoms with van der Waals surface area (Å²) in [5.74, 6) is 0.442. The molecule has 6 heteroatoms. The number of rotatable bonds is 10. The highest BCUT2D eigenvalue weighted by Gasteiger charge is 2.28. The molecule has 0 aromatic carbocycles. The van der Waals surface area contributed by atoms with E-state index >= 15 is 0 Å². The van der Waals surface area contributed by atoms with Crippen LogP contribution in [0.25, 0.3) is 0 Å². The summed E-state index contributed by atoms with van der Waals surface area (Å²) in [6.45, 7) is 1.79. The Morgan fingerprint density at radius 3 is 2.26 bits per heavy atom. The van der Waals surface area contributed by atoms with E-state index in [1.165, 1.54) is 0 Å². The number of carbonyl (C=O) groups excluding carboxylic acids is 2. The molecule has 2 amide bonds. The van der Waals surface area contributed by atoms with Crippen LogP contribution >= 0.6 is 12.4 Å². The summed E-state index contributed by atoms with van der Waals surface area (Å²) in [5.41, 5.74) is 5.39. The molecular formula is C13H26ClN3O2. The van der Waals surface area contributed by atoms with Gasteiger partial charge in [-0.1, -0.05) is 12.8 Å². The lowest BCUT2D eigenvalue weighted by Gasteiger charge is -2.06. The molecule has 4 N–H and O–H groups in total. The fourth-order valence-corrected chi connectivity index (χ4v) is 1.75. The topological polar surface area (TPSA) is 84.2 Å². The zero-order valence-electron chi connectivity index (χ0n) is 11.5. The third kappa shape index (κ3) is 9.73. The van der Waals surface area contributed by atoms with Crippen LogP contribution in [0.3, 0.4) is 0 Å². The molecule has 0 saturated heterocycles. The summed E-state index contributed by atoms with van der Waals surface area (Å²) in [6.07, 6.45) is 6.71. The van der Waals surface area contributed by atoms with E-state index in [0.29, 0.717) is 19.5 Å². The van der Waals surface area contributed by atoms with Crippen molar-refractivity contribution in [2.75, 3.05) is 19.6 Å². The van der Waals surface area contributed by atoms with E-state index in [9.17, 15) is 9.59 Å². The van der Waals surface area contributed by atoms with Gasteiger partial charge in [0.2, 0.25) is 11.8 Å². The van der Waals surface area contributed by atoms with Gasteiger partial charge in [0, 0.05) is 25.4 Å². The SMILES string of the molecule is Cl.NCCCCCCC(=O)NCCNC(=O)C1CC1. The van der Waals surface area contributed by atoms with Gasteiger partial charge >= 0.3 is 0 Å². The molecule has 0 unspecified atom stereocenters. The van der Waals surface area contributed by atoms with Crippen molar-refractivity contribution in [3.63, 3.8) is 0 Å². The van der Waals surface area contributed by atoms with Crippen molar-refractivity contribution in [2.24, 2.45) is 11.7 Å². The smallest absolute Gasteiger partial charge is 0.223 e. The molecule has 0 aromatic heterocycles. The number of hydrogen-bond donors (Lipinski definition) is 3. The molecule has 0 radical (unpaired) electrons. The van der Waals surface area contributed by atoms with Crippen molar-refractivity contribution in [1.29, 1.82) is 0 Å². The van der Waals surface area contributed by atoms with E-state index in [0.717, 1.165) is 45.1 Å². The Bertz CT molecular complexity index is 271. The van der Waals surface area contributed by atoms with Crippen molar-refractivity contribution >= 4 is 24.2 Å². The van der Waals surface area contributed by atoms with Crippen LogP contribution in [0.2, 0.25) is 0 Å². The van der Waals surface area contributed by atoms with Crippen molar-refractivity contribution in [1.82, 2.24) is 10.6 Å². The molecule has 1 rings (SSSR count). The average molecular weight is 292 g/mol. The Morgan fingerprint density at radius 1 is 1.00 bits per heavy atom. The minimum Gasteiger partial charge on any atom is -0.354 e. The summed E-state index contributed by atoms with van der Waals surface area (Å²) in [4.78, 5) is 22.7. The van der Waals surface area contributed by atoms with Gasteiger partial charge in [-0.3, -0.25) is 9.59 Å². The van der Waals surface area contributed by atoms with Crippen molar-refractivity contribution in [3.8, 4) is 0 Å². The molecule has 1 saturated carbocycles. The molecule has 112 valence electrons. The molecule has 0 bridgehead atoms. The maximum atomic E-state index is 11.4. The van der Waals surface area contributed by atoms with Crippen LogP contribution in [-0.4, -0.2) is 31.4 Å². The molecule has 0 heterocycles. The summed E-state index contributed by atoms with van der Waals surface area (Å²) in [5, 5.41) is 5.63. The highest BCUT2D eigenvalue weighted by molar-refractivity contribution is 5.85. The monoisotopic (exact) mass is 291 g/mol. The number of carbonyl (C=O) groups is 2. The standard InChI is InChI=1S/C13H25N3O2.ClH/c14-8-4-2-1-3-5-12(17)15-9-10-16-13(18)11-6-7-11;/h11H,1-10,14H2,(H,15,17)(H,16,18);1H. The minimum atomic E-state index is 0. The van der Waals surface area contributed by atoms with E-state index in [1.807, 2.05) is 0 Å². The third-order valence-corrected chi connectivity index (χ3v) is 3.05. The number of amides is 2. The molecule has 0 atom stereocenters. The quantitative estimate of drug-likeness (QED) is 0.524. The molecular weight excluding hydrogens is 266 g/mol. The Kier molecular flexibility index (Phi) is 10.6. The Hall–Kier alpha value is -0.810. The van der Waals surface area contributed by atoms with Gasteiger partial charge in [0.1, 0.15) is 0 Å². The highest BCUT2D eigenvalue weighted by Crippen LogP contribution is 2.28. The van der Waals surface area contributed by atoms with Crippen LogP contribution in [0.1, 0.15) is 44.9 Å². The van der Waals surface area contributed by atoms with E-state index < -0.39 is 0 Å². The maximum absolute atomic E-state index is 11.4. The first-order chi connectivity index (χ1) is 8.74. The lowest BCUT2D eigenvalue weighted by Crippen LogP contribution is -2.35. The number of nitrogens with two attached hydrogens (primary N) is 1. The number of unbranched alkanes of at least 4 members (excludes halogenated alkanes) is 3. The van der Waals surface area contributed by atoms with Gasteiger partial charge in [-0.05, 0) is 32.2 Å². The van der Waals surface area contributed by atoms with Crippen LogP contribution < -0.4 is 16.4 Å². The fourth-order valence-electron chi connectivity index (χ4n) is 1.75. The van der Waals surface area contributed by atoms with E-state index in [1.54, 1.807) is 0 Å². The number of hydrogen-bond acceptors (Lipinski definition) is 3. The molecule has 1 fully saturated rings. The maximum Gasteiger partial charge on any atom is 0.223 e. The predicted molar refractivity (Wildman–Crippen MR) is 78.1 cm³/mol. The van der Waals surface area contributed by atoms with Gasteiger partial charge in [0.05, 0.1) is 0 Å². The van der Waals surface area contributed by atoms with Crippen molar-refractivity contribution < 1.29 is 9.59 Å². The van der Waals surface area contributed by atoms with Gasteiger partial charge in [-0.15, -0.1) is 12.4 Å². The second-order valence-corrected chi connectivity index (χ2v) is 4.87. The highest BCUT2D eigenvalue weighted by atomic mass is 35.5. The predicted octanol–water partition coefficient (Wildman–Crippen LogP) is 0.960. The molecule has 1 aliphatic rings. The molecule has 0 spiro atoms. The number of halogens is 1.